The monoisotopic (exact) mass is 146 g/mol. The number of rotatable bonds is 0. The molecule has 1 aliphatic heterocycles. The van der Waals surface area contributed by atoms with E-state index in [0.29, 0.717) is 5.25 Å². The van der Waals surface area contributed by atoms with Gasteiger partial charge in [0.05, 0.1) is 5.60 Å². The Labute approximate surface area is 62.2 Å². The summed E-state index contributed by atoms with van der Waals surface area (Å²) < 4.78 is 5.49. The minimum absolute atomic E-state index is 0.0741. The summed E-state index contributed by atoms with van der Waals surface area (Å²) in [4.78, 5) is 0. The van der Waals surface area contributed by atoms with Crippen LogP contribution in [0.25, 0.3) is 0 Å². The molecule has 0 bridgehead atoms. The average Bonchev–Trinajstić information content (AvgIpc) is 1.60. The van der Waals surface area contributed by atoms with Crippen molar-refractivity contribution in [2.45, 2.75) is 37.5 Å². The second-order valence-electron chi connectivity index (χ2n) is 3.25. The molecule has 0 aromatic carbocycles. The molecule has 9 heavy (non-hydrogen) atoms. The molecule has 2 heteroatoms. The fourth-order valence-electron chi connectivity index (χ4n) is 1.20. The molecule has 1 unspecified atom stereocenters. The second kappa shape index (κ2) is 2.51. The van der Waals surface area contributed by atoms with Crippen molar-refractivity contribution in [1.82, 2.24) is 0 Å². The zero-order valence-corrected chi connectivity index (χ0v) is 6.95. The SMILES string of the molecule is CC1(C)CC(S)CCO1. The molecule has 1 aliphatic rings. The van der Waals surface area contributed by atoms with Gasteiger partial charge in [0, 0.05) is 11.9 Å². The summed E-state index contributed by atoms with van der Waals surface area (Å²) >= 11 is 4.39. The third-order valence-electron chi connectivity index (χ3n) is 1.67. The molecule has 1 nitrogen and oxygen atoms in total. The highest BCUT2D eigenvalue weighted by atomic mass is 32.1. The van der Waals surface area contributed by atoms with E-state index in [0.717, 1.165) is 19.4 Å². The molecule has 0 radical (unpaired) electrons. The molecule has 0 aromatic rings. The van der Waals surface area contributed by atoms with Gasteiger partial charge in [-0.3, -0.25) is 0 Å². The first-order chi connectivity index (χ1) is 4.10. The Bertz CT molecular complexity index is 101. The summed E-state index contributed by atoms with van der Waals surface area (Å²) in [5.41, 5.74) is 0.0741. The predicted molar refractivity (Wildman–Crippen MR) is 42.0 cm³/mol. The molecule has 1 fully saturated rings. The van der Waals surface area contributed by atoms with E-state index in [-0.39, 0.29) is 5.60 Å². The second-order valence-corrected chi connectivity index (χ2v) is 3.99. The van der Waals surface area contributed by atoms with Gasteiger partial charge in [0.15, 0.2) is 0 Å². The lowest BCUT2D eigenvalue weighted by atomic mass is 9.98. The molecule has 1 atom stereocenters. The average molecular weight is 146 g/mol. The standard InChI is InChI=1S/C7H14OS/c1-7(2)5-6(9)3-4-8-7/h6,9H,3-5H2,1-2H3. The molecule has 0 aromatic heterocycles. The maximum absolute atomic E-state index is 5.49. The van der Waals surface area contributed by atoms with E-state index in [1.54, 1.807) is 0 Å². The molecule has 0 saturated carbocycles. The zero-order chi connectivity index (χ0) is 6.91. The lowest BCUT2D eigenvalue weighted by molar-refractivity contribution is -0.0483. The quantitative estimate of drug-likeness (QED) is 0.513. The predicted octanol–water partition coefficient (Wildman–Crippen LogP) is 1.87. The van der Waals surface area contributed by atoms with E-state index in [2.05, 4.69) is 26.5 Å². The highest BCUT2D eigenvalue weighted by Crippen LogP contribution is 2.26. The Morgan fingerprint density at radius 3 is 2.56 bits per heavy atom. The number of hydrogen-bond donors (Lipinski definition) is 1. The van der Waals surface area contributed by atoms with Crippen LogP contribution in [-0.2, 0) is 4.74 Å². The lowest BCUT2D eigenvalue weighted by Crippen LogP contribution is -2.34. The minimum atomic E-state index is 0.0741. The Morgan fingerprint density at radius 2 is 2.22 bits per heavy atom. The fraction of sp³-hybridized carbons (Fsp3) is 1.00. The van der Waals surface area contributed by atoms with Gasteiger partial charge in [-0.25, -0.2) is 0 Å². The van der Waals surface area contributed by atoms with Crippen LogP contribution < -0.4 is 0 Å². The third kappa shape index (κ3) is 2.18. The van der Waals surface area contributed by atoms with Gasteiger partial charge in [-0.2, -0.15) is 12.6 Å². The summed E-state index contributed by atoms with van der Waals surface area (Å²) in [6, 6.07) is 0. The van der Waals surface area contributed by atoms with Crippen molar-refractivity contribution in [1.29, 1.82) is 0 Å². The fourth-order valence-corrected chi connectivity index (χ4v) is 1.74. The maximum Gasteiger partial charge on any atom is 0.0637 e. The van der Waals surface area contributed by atoms with Crippen LogP contribution in [0.3, 0.4) is 0 Å². The Hall–Kier alpha value is 0.310. The van der Waals surface area contributed by atoms with Gasteiger partial charge in [0.1, 0.15) is 0 Å². The Morgan fingerprint density at radius 1 is 1.56 bits per heavy atom. The van der Waals surface area contributed by atoms with Gasteiger partial charge in [0.25, 0.3) is 0 Å². The van der Waals surface area contributed by atoms with E-state index in [1.807, 2.05) is 0 Å². The summed E-state index contributed by atoms with van der Waals surface area (Å²) in [7, 11) is 0. The van der Waals surface area contributed by atoms with Gasteiger partial charge >= 0.3 is 0 Å². The maximum atomic E-state index is 5.49. The van der Waals surface area contributed by atoms with Gasteiger partial charge in [-0.1, -0.05) is 0 Å². The van der Waals surface area contributed by atoms with E-state index >= 15 is 0 Å². The minimum Gasteiger partial charge on any atom is -0.375 e. The Kier molecular flexibility index (Phi) is 2.07. The van der Waals surface area contributed by atoms with Crippen molar-refractivity contribution in [3.05, 3.63) is 0 Å². The van der Waals surface area contributed by atoms with E-state index in [4.69, 9.17) is 4.74 Å². The van der Waals surface area contributed by atoms with Crippen molar-refractivity contribution < 1.29 is 4.74 Å². The zero-order valence-electron chi connectivity index (χ0n) is 6.05. The summed E-state index contributed by atoms with van der Waals surface area (Å²) in [5, 5.41) is 0.550. The van der Waals surface area contributed by atoms with Crippen LogP contribution in [0.1, 0.15) is 26.7 Å². The lowest BCUT2D eigenvalue weighted by Gasteiger charge is -2.33. The molecule has 0 aliphatic carbocycles. The summed E-state index contributed by atoms with van der Waals surface area (Å²) in [5.74, 6) is 0. The van der Waals surface area contributed by atoms with Crippen molar-refractivity contribution in [2.75, 3.05) is 6.61 Å². The first-order valence-corrected chi connectivity index (χ1v) is 3.94. The number of ether oxygens (including phenoxy) is 1. The third-order valence-corrected chi connectivity index (χ3v) is 2.11. The molecule has 1 saturated heterocycles. The highest BCUT2D eigenvalue weighted by Gasteiger charge is 2.26. The molecule has 0 amide bonds. The van der Waals surface area contributed by atoms with Gasteiger partial charge in [-0.05, 0) is 26.7 Å². The van der Waals surface area contributed by atoms with Crippen LogP contribution in [0, 0.1) is 0 Å². The van der Waals surface area contributed by atoms with Gasteiger partial charge < -0.3 is 4.74 Å². The van der Waals surface area contributed by atoms with Crippen LogP contribution in [0.15, 0.2) is 0 Å². The van der Waals surface area contributed by atoms with Crippen LogP contribution >= 0.6 is 12.6 Å². The molecule has 0 N–H and O–H groups in total. The van der Waals surface area contributed by atoms with Crippen molar-refractivity contribution in [2.24, 2.45) is 0 Å². The van der Waals surface area contributed by atoms with E-state index < -0.39 is 0 Å². The van der Waals surface area contributed by atoms with Crippen LogP contribution in [0.2, 0.25) is 0 Å². The molecule has 0 spiro atoms. The van der Waals surface area contributed by atoms with Crippen molar-refractivity contribution in [3.8, 4) is 0 Å². The smallest absolute Gasteiger partial charge is 0.0637 e. The van der Waals surface area contributed by atoms with Crippen LogP contribution in [-0.4, -0.2) is 17.5 Å². The first kappa shape index (κ1) is 7.42. The molecule has 1 rings (SSSR count). The molecule has 1 heterocycles. The normalized spacial score (nSPS) is 34.3. The summed E-state index contributed by atoms with van der Waals surface area (Å²) in [6.45, 7) is 5.12. The number of hydrogen-bond acceptors (Lipinski definition) is 2. The summed E-state index contributed by atoms with van der Waals surface area (Å²) in [6.07, 6.45) is 2.18. The van der Waals surface area contributed by atoms with Crippen molar-refractivity contribution in [3.63, 3.8) is 0 Å². The largest absolute Gasteiger partial charge is 0.375 e. The van der Waals surface area contributed by atoms with Gasteiger partial charge in [0.2, 0.25) is 0 Å². The van der Waals surface area contributed by atoms with E-state index in [1.165, 1.54) is 0 Å². The Balaban J connectivity index is 2.41. The van der Waals surface area contributed by atoms with Gasteiger partial charge in [-0.15, -0.1) is 0 Å². The van der Waals surface area contributed by atoms with Crippen LogP contribution in [0.5, 0.6) is 0 Å². The molecule has 54 valence electrons. The number of thiol groups is 1. The first-order valence-electron chi connectivity index (χ1n) is 3.42. The topological polar surface area (TPSA) is 9.23 Å². The molecular weight excluding hydrogens is 132 g/mol. The highest BCUT2D eigenvalue weighted by molar-refractivity contribution is 7.80. The molecular formula is C7H14OS. The van der Waals surface area contributed by atoms with Crippen molar-refractivity contribution >= 4 is 12.6 Å². The van der Waals surface area contributed by atoms with E-state index in [9.17, 15) is 0 Å². The van der Waals surface area contributed by atoms with Crippen LogP contribution in [0.4, 0.5) is 0 Å².